The third-order valence-electron chi connectivity index (χ3n) is 5.48. The highest BCUT2D eigenvalue weighted by atomic mass is 32.1. The van der Waals surface area contributed by atoms with Gasteiger partial charge in [-0.1, -0.05) is 19.3 Å². The van der Waals surface area contributed by atoms with Crippen molar-refractivity contribution in [3.8, 4) is 0 Å². The molecule has 3 aromatic rings. The summed E-state index contributed by atoms with van der Waals surface area (Å²) in [6, 6.07) is 0.284. The van der Waals surface area contributed by atoms with Crippen LogP contribution < -0.4 is 5.56 Å². The van der Waals surface area contributed by atoms with Gasteiger partial charge in [0.05, 0.1) is 5.52 Å². The van der Waals surface area contributed by atoms with E-state index in [2.05, 4.69) is 14.6 Å². The molecule has 0 atom stereocenters. The van der Waals surface area contributed by atoms with Gasteiger partial charge in [0, 0.05) is 10.9 Å². The summed E-state index contributed by atoms with van der Waals surface area (Å²) in [7, 11) is 0. The highest BCUT2D eigenvalue weighted by Crippen LogP contribution is 2.36. The summed E-state index contributed by atoms with van der Waals surface area (Å²) in [5.74, 6) is 0.737. The molecule has 6 heteroatoms. The molecule has 0 amide bonds. The summed E-state index contributed by atoms with van der Waals surface area (Å²) < 4.78 is 4.93. The number of thiophene rings is 1. The second kappa shape index (κ2) is 5.16. The third-order valence-corrected chi connectivity index (χ3v) is 6.75. The summed E-state index contributed by atoms with van der Waals surface area (Å²) in [5, 5.41) is 8.45. The van der Waals surface area contributed by atoms with Crippen molar-refractivity contribution in [2.24, 2.45) is 0 Å². The molecule has 0 unspecified atom stereocenters. The van der Waals surface area contributed by atoms with E-state index in [1.54, 1.807) is 17.7 Å². The average Bonchev–Trinajstić information content (AvgIpc) is 3.20. The first-order valence-corrected chi connectivity index (χ1v) is 9.55. The molecule has 1 fully saturated rings. The molecular weight excluding hydrogens is 308 g/mol. The molecule has 5 nitrogen and oxygen atoms in total. The van der Waals surface area contributed by atoms with Gasteiger partial charge < -0.3 is 0 Å². The van der Waals surface area contributed by atoms with Crippen LogP contribution in [0.5, 0.6) is 0 Å². The first-order valence-electron chi connectivity index (χ1n) is 8.73. The molecular formula is C17H20N4OS. The monoisotopic (exact) mass is 328 g/mol. The van der Waals surface area contributed by atoms with Gasteiger partial charge in [-0.25, -0.2) is 0 Å². The van der Waals surface area contributed by atoms with Gasteiger partial charge in [0.15, 0.2) is 0 Å². The lowest BCUT2D eigenvalue weighted by Crippen LogP contribution is -2.28. The lowest BCUT2D eigenvalue weighted by molar-refractivity contribution is 0.351. The molecule has 0 spiro atoms. The normalized spacial score (nSPS) is 19.5. The first-order chi connectivity index (χ1) is 11.3. The van der Waals surface area contributed by atoms with Gasteiger partial charge in [-0.2, -0.15) is 0 Å². The Bertz CT molecular complexity index is 945. The van der Waals surface area contributed by atoms with Crippen LogP contribution in [0.1, 0.15) is 61.4 Å². The molecule has 3 aromatic heterocycles. The number of rotatable bonds is 1. The molecule has 0 N–H and O–H groups in total. The van der Waals surface area contributed by atoms with E-state index in [1.165, 1.54) is 42.5 Å². The number of aromatic nitrogens is 4. The fraction of sp³-hybridized carbons (Fsp3) is 0.588. The maximum absolute atomic E-state index is 13.2. The zero-order valence-electron chi connectivity index (χ0n) is 13.1. The fourth-order valence-electron chi connectivity index (χ4n) is 4.37. The molecule has 2 aliphatic rings. The van der Waals surface area contributed by atoms with Crippen molar-refractivity contribution >= 4 is 27.3 Å². The number of aryl methyl sites for hydroxylation is 2. The Morgan fingerprint density at radius 3 is 2.78 bits per heavy atom. The topological polar surface area (TPSA) is 52.2 Å². The zero-order chi connectivity index (χ0) is 15.4. The van der Waals surface area contributed by atoms with Crippen LogP contribution in [-0.4, -0.2) is 19.2 Å². The van der Waals surface area contributed by atoms with E-state index in [0.29, 0.717) is 0 Å². The number of fused-ring (bicyclic) bond motifs is 5. The Kier molecular flexibility index (Phi) is 3.08. The van der Waals surface area contributed by atoms with Crippen molar-refractivity contribution in [1.82, 2.24) is 19.2 Å². The predicted molar refractivity (Wildman–Crippen MR) is 91.4 cm³/mol. The Labute approximate surface area is 138 Å². The van der Waals surface area contributed by atoms with Gasteiger partial charge in [-0.3, -0.25) is 13.8 Å². The Morgan fingerprint density at radius 1 is 1.09 bits per heavy atom. The van der Waals surface area contributed by atoms with Gasteiger partial charge >= 0.3 is 0 Å². The highest BCUT2D eigenvalue weighted by molar-refractivity contribution is 7.19. The van der Waals surface area contributed by atoms with Crippen molar-refractivity contribution in [2.45, 2.75) is 63.8 Å². The SMILES string of the molecule is O=c1c2sc3c(c2n2cnnc2n1C1CCCCC1)CCCC3. The quantitative estimate of drug-likeness (QED) is 0.687. The van der Waals surface area contributed by atoms with Gasteiger partial charge in [-0.05, 0) is 44.1 Å². The van der Waals surface area contributed by atoms with Crippen LogP contribution in [0.15, 0.2) is 11.1 Å². The van der Waals surface area contributed by atoms with E-state index >= 15 is 0 Å². The number of nitrogens with zero attached hydrogens (tertiary/aromatic N) is 4. The second-order valence-electron chi connectivity index (χ2n) is 6.86. The minimum Gasteiger partial charge on any atom is -0.272 e. The predicted octanol–water partition coefficient (Wildman–Crippen LogP) is 3.49. The summed E-state index contributed by atoms with van der Waals surface area (Å²) in [4.78, 5) is 14.7. The molecule has 23 heavy (non-hydrogen) atoms. The number of hydrogen-bond acceptors (Lipinski definition) is 4. The summed E-state index contributed by atoms with van der Waals surface area (Å²) in [6.45, 7) is 0. The van der Waals surface area contributed by atoms with Crippen LogP contribution in [0.3, 0.4) is 0 Å². The van der Waals surface area contributed by atoms with Gasteiger partial charge in [0.2, 0.25) is 5.78 Å². The van der Waals surface area contributed by atoms with Crippen molar-refractivity contribution in [2.75, 3.05) is 0 Å². The lowest BCUT2D eigenvalue weighted by Gasteiger charge is -2.24. The highest BCUT2D eigenvalue weighted by Gasteiger charge is 2.26. The first kappa shape index (κ1) is 13.7. The lowest BCUT2D eigenvalue weighted by atomic mass is 9.95. The van der Waals surface area contributed by atoms with Crippen molar-refractivity contribution in [1.29, 1.82) is 0 Å². The maximum atomic E-state index is 13.2. The van der Waals surface area contributed by atoms with Gasteiger partial charge in [0.1, 0.15) is 11.0 Å². The van der Waals surface area contributed by atoms with Crippen LogP contribution in [0.25, 0.3) is 16.0 Å². The van der Waals surface area contributed by atoms with E-state index in [9.17, 15) is 4.79 Å². The Hall–Kier alpha value is -1.69. The average molecular weight is 328 g/mol. The second-order valence-corrected chi connectivity index (χ2v) is 7.96. The van der Waals surface area contributed by atoms with E-state index in [1.807, 2.05) is 4.57 Å². The molecule has 2 aliphatic carbocycles. The minimum absolute atomic E-state index is 0.159. The Balaban J connectivity index is 1.86. The molecule has 1 saturated carbocycles. The van der Waals surface area contributed by atoms with Crippen molar-refractivity contribution in [3.63, 3.8) is 0 Å². The molecule has 0 radical (unpaired) electrons. The van der Waals surface area contributed by atoms with Crippen molar-refractivity contribution in [3.05, 3.63) is 27.1 Å². The van der Waals surface area contributed by atoms with Crippen LogP contribution >= 0.6 is 11.3 Å². The third kappa shape index (κ3) is 1.94. The molecule has 0 saturated heterocycles. The maximum Gasteiger partial charge on any atom is 0.273 e. The van der Waals surface area contributed by atoms with E-state index in [0.717, 1.165) is 41.7 Å². The van der Waals surface area contributed by atoms with Gasteiger partial charge in [0.25, 0.3) is 5.56 Å². The molecule has 5 rings (SSSR count). The van der Waals surface area contributed by atoms with E-state index < -0.39 is 0 Å². The largest absolute Gasteiger partial charge is 0.273 e. The standard InChI is InChI=1S/C17H20N4OS/c22-16-15-14(12-8-4-5-9-13(12)23-15)20-10-18-19-17(20)21(16)11-6-2-1-3-7-11/h10-11H,1-9H2. The summed E-state index contributed by atoms with van der Waals surface area (Å²) in [5.41, 5.74) is 2.61. The van der Waals surface area contributed by atoms with Crippen LogP contribution in [0, 0.1) is 0 Å². The molecule has 120 valence electrons. The minimum atomic E-state index is 0.159. The smallest absolute Gasteiger partial charge is 0.272 e. The molecule has 0 aliphatic heterocycles. The number of hydrogen-bond donors (Lipinski definition) is 0. The Morgan fingerprint density at radius 2 is 1.91 bits per heavy atom. The van der Waals surface area contributed by atoms with Crippen LogP contribution in [0.4, 0.5) is 0 Å². The van der Waals surface area contributed by atoms with Crippen LogP contribution in [0.2, 0.25) is 0 Å². The molecule has 0 bridgehead atoms. The summed E-state index contributed by atoms with van der Waals surface area (Å²) in [6.07, 6.45) is 12.3. The van der Waals surface area contributed by atoms with Crippen molar-refractivity contribution < 1.29 is 0 Å². The zero-order valence-corrected chi connectivity index (χ0v) is 13.9. The fourth-order valence-corrected chi connectivity index (χ4v) is 5.69. The molecule has 3 heterocycles. The van der Waals surface area contributed by atoms with Crippen LogP contribution in [-0.2, 0) is 12.8 Å². The van der Waals surface area contributed by atoms with E-state index in [4.69, 9.17) is 0 Å². The van der Waals surface area contributed by atoms with Gasteiger partial charge in [-0.15, -0.1) is 21.5 Å². The molecule has 0 aromatic carbocycles. The van der Waals surface area contributed by atoms with E-state index in [-0.39, 0.29) is 11.6 Å². The summed E-state index contributed by atoms with van der Waals surface area (Å²) >= 11 is 1.71.